The number of aromatic nitrogens is 2. The van der Waals surface area contributed by atoms with Gasteiger partial charge < -0.3 is 5.32 Å². The fourth-order valence-electron chi connectivity index (χ4n) is 1.88. The Labute approximate surface area is 119 Å². The zero-order valence-electron chi connectivity index (χ0n) is 11.5. The number of non-ortho nitro benzene ring substituents is 1. The van der Waals surface area contributed by atoms with Crippen LogP contribution in [0.2, 0.25) is 0 Å². The number of amides is 1. The summed E-state index contributed by atoms with van der Waals surface area (Å²) in [4.78, 5) is 22.2. The Bertz CT molecular complexity index is 711. The first kappa shape index (κ1) is 14.6. The number of carbonyl (C=O) groups is 1. The second kappa shape index (κ2) is 5.70. The number of nitrogens with one attached hydrogen (secondary N) is 1. The lowest BCUT2D eigenvalue weighted by Crippen LogP contribution is -2.18. The number of hydrogen-bond donors (Lipinski definition) is 1. The summed E-state index contributed by atoms with van der Waals surface area (Å²) in [5, 5.41) is 17.1. The van der Waals surface area contributed by atoms with Gasteiger partial charge in [0.2, 0.25) is 0 Å². The van der Waals surface area contributed by atoms with E-state index in [9.17, 15) is 19.3 Å². The molecule has 1 heterocycles. The number of nitro groups is 1. The van der Waals surface area contributed by atoms with E-state index in [4.69, 9.17) is 0 Å². The van der Waals surface area contributed by atoms with E-state index in [1.807, 2.05) is 6.92 Å². The molecule has 21 heavy (non-hydrogen) atoms. The molecule has 1 aromatic carbocycles. The first-order valence-electron chi connectivity index (χ1n) is 6.22. The molecule has 0 bridgehead atoms. The average Bonchev–Trinajstić information content (AvgIpc) is 2.82. The quantitative estimate of drug-likeness (QED) is 0.692. The highest BCUT2D eigenvalue weighted by Crippen LogP contribution is 2.22. The van der Waals surface area contributed by atoms with E-state index in [1.54, 1.807) is 13.0 Å². The lowest BCUT2D eigenvalue weighted by atomic mass is 10.2. The molecule has 0 aliphatic rings. The Morgan fingerprint density at radius 2 is 2.19 bits per heavy atom. The molecule has 7 nitrogen and oxygen atoms in total. The Kier molecular flexibility index (Phi) is 3.97. The maximum atomic E-state index is 13.6. The Balaban J connectivity index is 2.31. The van der Waals surface area contributed by atoms with Crippen LogP contribution < -0.4 is 5.32 Å². The van der Waals surface area contributed by atoms with E-state index in [0.29, 0.717) is 12.2 Å². The number of carbonyl (C=O) groups excluding carboxylic acids is 1. The fourth-order valence-corrected chi connectivity index (χ4v) is 1.88. The number of nitrogens with zero attached hydrogens (tertiary/aromatic N) is 3. The molecule has 0 fully saturated rings. The van der Waals surface area contributed by atoms with Crippen molar-refractivity contribution in [3.63, 3.8) is 0 Å². The minimum atomic E-state index is -0.742. The van der Waals surface area contributed by atoms with E-state index < -0.39 is 16.6 Å². The first-order valence-corrected chi connectivity index (χ1v) is 6.22. The van der Waals surface area contributed by atoms with E-state index in [2.05, 4.69) is 10.4 Å². The van der Waals surface area contributed by atoms with Crippen molar-refractivity contribution >= 4 is 17.3 Å². The van der Waals surface area contributed by atoms with Crippen LogP contribution in [-0.4, -0.2) is 20.6 Å². The highest BCUT2D eigenvalue weighted by Gasteiger charge is 2.17. The van der Waals surface area contributed by atoms with Crippen LogP contribution in [0.3, 0.4) is 0 Å². The molecule has 0 saturated heterocycles. The first-order chi connectivity index (χ1) is 9.92. The fraction of sp³-hybridized carbons (Fsp3) is 0.231. The van der Waals surface area contributed by atoms with Gasteiger partial charge in [0.1, 0.15) is 11.5 Å². The number of nitro benzene ring substituents is 1. The van der Waals surface area contributed by atoms with Crippen LogP contribution in [0.15, 0.2) is 24.3 Å². The molecule has 110 valence electrons. The smallest absolute Gasteiger partial charge is 0.274 e. The molecule has 0 aliphatic carbocycles. The number of halogens is 1. The van der Waals surface area contributed by atoms with Crippen LogP contribution in [0.4, 0.5) is 15.8 Å². The van der Waals surface area contributed by atoms with Crippen LogP contribution in [-0.2, 0) is 6.54 Å². The van der Waals surface area contributed by atoms with Gasteiger partial charge in [-0.05, 0) is 26.0 Å². The average molecular weight is 292 g/mol. The molecule has 0 saturated carbocycles. The molecule has 0 aliphatic heterocycles. The van der Waals surface area contributed by atoms with Crippen molar-refractivity contribution < 1.29 is 14.1 Å². The van der Waals surface area contributed by atoms with Gasteiger partial charge in [0, 0.05) is 18.7 Å². The van der Waals surface area contributed by atoms with Gasteiger partial charge in [-0.3, -0.25) is 19.6 Å². The largest absolute Gasteiger partial charge is 0.318 e. The van der Waals surface area contributed by atoms with Gasteiger partial charge in [0.15, 0.2) is 0 Å². The third-order valence-corrected chi connectivity index (χ3v) is 2.84. The third kappa shape index (κ3) is 3.04. The van der Waals surface area contributed by atoms with E-state index in [1.165, 1.54) is 4.68 Å². The van der Waals surface area contributed by atoms with Crippen molar-refractivity contribution in [1.29, 1.82) is 0 Å². The van der Waals surface area contributed by atoms with Crippen molar-refractivity contribution in [2.24, 2.45) is 0 Å². The van der Waals surface area contributed by atoms with Crippen LogP contribution in [0, 0.1) is 22.9 Å². The lowest BCUT2D eigenvalue weighted by Gasteiger charge is -2.07. The summed E-state index contributed by atoms with van der Waals surface area (Å²) in [6, 6.07) is 4.52. The van der Waals surface area contributed by atoms with Crippen molar-refractivity contribution in [1.82, 2.24) is 9.78 Å². The summed E-state index contributed by atoms with van der Waals surface area (Å²) >= 11 is 0. The van der Waals surface area contributed by atoms with Crippen molar-refractivity contribution in [3.05, 3.63) is 51.6 Å². The van der Waals surface area contributed by atoms with Gasteiger partial charge >= 0.3 is 0 Å². The molecule has 0 atom stereocenters. The van der Waals surface area contributed by atoms with Gasteiger partial charge in [-0.2, -0.15) is 5.10 Å². The van der Waals surface area contributed by atoms with Crippen LogP contribution >= 0.6 is 0 Å². The zero-order chi connectivity index (χ0) is 15.6. The summed E-state index contributed by atoms with van der Waals surface area (Å²) < 4.78 is 15.1. The monoisotopic (exact) mass is 292 g/mol. The molecule has 0 radical (unpaired) electrons. The van der Waals surface area contributed by atoms with Crippen molar-refractivity contribution in [2.75, 3.05) is 5.32 Å². The SMILES string of the molecule is CCn1nc(C)cc1C(=O)Nc1cc([N+](=O)[O-])ccc1F. The number of aryl methyl sites for hydroxylation is 2. The summed E-state index contributed by atoms with van der Waals surface area (Å²) in [7, 11) is 0. The minimum Gasteiger partial charge on any atom is -0.318 e. The van der Waals surface area contributed by atoms with Crippen LogP contribution in [0.5, 0.6) is 0 Å². The minimum absolute atomic E-state index is 0.240. The van der Waals surface area contributed by atoms with Crippen molar-refractivity contribution in [2.45, 2.75) is 20.4 Å². The lowest BCUT2D eigenvalue weighted by molar-refractivity contribution is -0.384. The normalized spacial score (nSPS) is 10.4. The number of rotatable bonds is 4. The summed E-state index contributed by atoms with van der Waals surface area (Å²) in [6.45, 7) is 4.03. The molecule has 0 spiro atoms. The van der Waals surface area contributed by atoms with Crippen LogP contribution in [0.25, 0.3) is 0 Å². The summed E-state index contributed by atoms with van der Waals surface area (Å²) in [5.41, 5.74) is 0.380. The maximum absolute atomic E-state index is 13.6. The number of anilines is 1. The number of hydrogen-bond acceptors (Lipinski definition) is 4. The molecule has 2 rings (SSSR count). The molecule has 2 aromatic rings. The van der Waals surface area contributed by atoms with E-state index in [-0.39, 0.29) is 17.1 Å². The standard InChI is InChI=1S/C13H13FN4O3/c1-3-17-12(6-8(2)16-17)13(19)15-11-7-9(18(20)21)4-5-10(11)14/h4-7H,3H2,1-2H3,(H,15,19). The number of benzene rings is 1. The van der Waals surface area contributed by atoms with Gasteiger partial charge in [-0.1, -0.05) is 0 Å². The Morgan fingerprint density at radius 1 is 1.48 bits per heavy atom. The second-order valence-corrected chi connectivity index (χ2v) is 4.36. The molecule has 1 aromatic heterocycles. The van der Waals surface area contributed by atoms with Gasteiger partial charge in [0.05, 0.1) is 16.3 Å². The molecule has 8 heteroatoms. The molecular formula is C13H13FN4O3. The predicted molar refractivity (Wildman–Crippen MR) is 73.6 cm³/mol. The molecule has 0 unspecified atom stereocenters. The molecule has 1 N–H and O–H groups in total. The van der Waals surface area contributed by atoms with E-state index >= 15 is 0 Å². The zero-order valence-corrected chi connectivity index (χ0v) is 11.5. The van der Waals surface area contributed by atoms with E-state index in [0.717, 1.165) is 18.2 Å². The Hall–Kier alpha value is -2.77. The molecular weight excluding hydrogens is 279 g/mol. The van der Waals surface area contributed by atoms with Gasteiger partial charge in [-0.15, -0.1) is 0 Å². The third-order valence-electron chi connectivity index (χ3n) is 2.84. The topological polar surface area (TPSA) is 90.1 Å². The summed E-state index contributed by atoms with van der Waals surface area (Å²) in [6.07, 6.45) is 0. The summed E-state index contributed by atoms with van der Waals surface area (Å²) in [5.74, 6) is -1.31. The Morgan fingerprint density at radius 3 is 2.81 bits per heavy atom. The highest BCUT2D eigenvalue weighted by atomic mass is 19.1. The molecule has 1 amide bonds. The highest BCUT2D eigenvalue weighted by molar-refractivity contribution is 6.03. The van der Waals surface area contributed by atoms with Crippen LogP contribution in [0.1, 0.15) is 23.1 Å². The second-order valence-electron chi connectivity index (χ2n) is 4.36. The van der Waals surface area contributed by atoms with Crippen molar-refractivity contribution in [3.8, 4) is 0 Å². The van der Waals surface area contributed by atoms with Gasteiger partial charge in [0.25, 0.3) is 11.6 Å². The maximum Gasteiger partial charge on any atom is 0.274 e. The van der Waals surface area contributed by atoms with Gasteiger partial charge in [-0.25, -0.2) is 4.39 Å². The predicted octanol–water partition coefficient (Wildman–Crippen LogP) is 2.51.